The van der Waals surface area contributed by atoms with E-state index >= 15 is 0 Å². The first-order valence-electron chi connectivity index (χ1n) is 3.95. The van der Waals surface area contributed by atoms with Crippen LogP contribution in [-0.4, -0.2) is 16.2 Å². The molecule has 1 aromatic carbocycles. The number of para-hydroxylation sites is 1. The molecule has 0 radical (unpaired) electrons. The van der Waals surface area contributed by atoms with E-state index in [0.29, 0.717) is 10.9 Å². The summed E-state index contributed by atoms with van der Waals surface area (Å²) in [7, 11) is -3.72. The fourth-order valence-electron chi connectivity index (χ4n) is 1.28. The number of halogens is 2. The molecule has 2 aromatic rings. The van der Waals surface area contributed by atoms with Gasteiger partial charge in [-0.05, 0) is 6.07 Å². The maximum atomic E-state index is 13.2. The topological polar surface area (TPSA) is 25.8 Å². The molecule has 0 saturated carbocycles. The zero-order valence-corrected chi connectivity index (χ0v) is 8.26. The molecule has 0 amide bonds. The number of aromatic nitrogens is 2. The zero-order valence-electron chi connectivity index (χ0n) is 7.45. The maximum absolute atomic E-state index is 13.2. The minimum absolute atomic E-state index is 0.0254. The Morgan fingerprint density at radius 2 is 2.07 bits per heavy atom. The molecule has 0 spiro atoms. The van der Waals surface area contributed by atoms with Crippen LogP contribution < -0.4 is 0 Å². The molecule has 2 nitrogen and oxygen atoms in total. The fourth-order valence-corrected chi connectivity index (χ4v) is 2.10. The van der Waals surface area contributed by atoms with Crippen molar-refractivity contribution in [2.24, 2.45) is 0 Å². The Morgan fingerprint density at radius 1 is 1.29 bits per heavy atom. The third kappa shape index (κ3) is 1.55. The molecule has 14 heavy (non-hydrogen) atoms. The Hall–Kier alpha value is -1.23. The first-order chi connectivity index (χ1) is 6.59. The second kappa shape index (κ2) is 3.16. The van der Waals surface area contributed by atoms with Gasteiger partial charge in [-0.15, -0.1) is 0 Å². The Bertz CT molecular complexity index is 462. The van der Waals surface area contributed by atoms with Gasteiger partial charge in [-0.1, -0.05) is 12.1 Å². The second-order valence-electron chi connectivity index (χ2n) is 2.94. The van der Waals surface area contributed by atoms with Gasteiger partial charge in [-0.2, -0.15) is 7.77 Å². The van der Waals surface area contributed by atoms with Crippen LogP contribution in [0.1, 0.15) is 0 Å². The number of rotatable bonds is 1. The molecule has 0 atom stereocenters. The monoisotopic (exact) mass is 214 g/mol. The highest BCUT2D eigenvalue weighted by Crippen LogP contribution is 2.57. The number of benzene rings is 1. The van der Waals surface area contributed by atoms with Gasteiger partial charge in [0.25, 0.3) is 0 Å². The van der Waals surface area contributed by atoms with Gasteiger partial charge >= 0.3 is 0 Å². The summed E-state index contributed by atoms with van der Waals surface area (Å²) >= 11 is 0. The largest absolute Gasteiger partial charge is 0.244 e. The lowest BCUT2D eigenvalue weighted by molar-refractivity contribution is 0.754. The summed E-state index contributed by atoms with van der Waals surface area (Å²) in [5, 5.41) is 0.652. The lowest BCUT2D eigenvalue weighted by atomic mass is 10.2. The average molecular weight is 214 g/mol. The van der Waals surface area contributed by atoms with E-state index in [1.165, 1.54) is 18.6 Å². The van der Waals surface area contributed by atoms with Crippen LogP contribution >= 0.6 is 10.8 Å². The fraction of sp³-hybridized carbons (Fsp3) is 0.111. The molecule has 0 bridgehead atoms. The summed E-state index contributed by atoms with van der Waals surface area (Å²) in [6, 6.07) is 4.75. The van der Waals surface area contributed by atoms with Gasteiger partial charge in [0.2, 0.25) is 0 Å². The summed E-state index contributed by atoms with van der Waals surface area (Å²) in [5.74, 6) is 0. The van der Waals surface area contributed by atoms with Gasteiger partial charge in [0, 0.05) is 17.8 Å². The van der Waals surface area contributed by atoms with E-state index in [1.807, 2.05) is 0 Å². The van der Waals surface area contributed by atoms with Crippen LogP contribution in [0.25, 0.3) is 10.9 Å². The predicted molar refractivity (Wildman–Crippen MR) is 53.5 cm³/mol. The van der Waals surface area contributed by atoms with Crippen LogP contribution in [0.3, 0.4) is 0 Å². The van der Waals surface area contributed by atoms with Gasteiger partial charge in [-0.3, -0.25) is 0 Å². The number of nitrogens with zero attached hydrogens (tertiary/aromatic N) is 2. The molecule has 74 valence electrons. The van der Waals surface area contributed by atoms with Crippen molar-refractivity contribution in [2.75, 3.05) is 6.26 Å². The molecule has 0 aliphatic carbocycles. The Labute approximate surface area is 81.9 Å². The van der Waals surface area contributed by atoms with E-state index in [9.17, 15) is 7.77 Å². The highest BCUT2D eigenvalue weighted by Gasteiger charge is 2.21. The van der Waals surface area contributed by atoms with E-state index in [4.69, 9.17) is 0 Å². The molecular formula is C9H8F2N2S. The van der Waals surface area contributed by atoms with Crippen molar-refractivity contribution in [3.8, 4) is 0 Å². The SMILES string of the molecule is CS(F)(F)c1cccc2cncnc12. The van der Waals surface area contributed by atoms with Crippen LogP contribution in [0, 0.1) is 0 Å². The smallest absolute Gasteiger partial charge is 0.116 e. The molecule has 0 N–H and O–H groups in total. The molecule has 1 aromatic heterocycles. The molecule has 2 rings (SSSR count). The molecular weight excluding hydrogens is 206 g/mol. The van der Waals surface area contributed by atoms with Crippen molar-refractivity contribution in [3.63, 3.8) is 0 Å². The van der Waals surface area contributed by atoms with Gasteiger partial charge in [-0.25, -0.2) is 9.97 Å². The third-order valence-corrected chi connectivity index (χ3v) is 2.99. The Balaban J connectivity index is 2.78. The summed E-state index contributed by atoms with van der Waals surface area (Å²) in [6.07, 6.45) is 3.78. The third-order valence-electron chi connectivity index (χ3n) is 1.88. The van der Waals surface area contributed by atoms with E-state index < -0.39 is 10.8 Å². The zero-order chi connectivity index (χ0) is 10.2. The van der Waals surface area contributed by atoms with Gasteiger partial charge in [0.15, 0.2) is 0 Å². The number of hydrogen-bond acceptors (Lipinski definition) is 2. The van der Waals surface area contributed by atoms with E-state index in [-0.39, 0.29) is 4.90 Å². The summed E-state index contributed by atoms with van der Waals surface area (Å²) in [5.41, 5.74) is 0.352. The van der Waals surface area contributed by atoms with Gasteiger partial charge < -0.3 is 0 Å². The minimum Gasteiger partial charge on any atom is -0.244 e. The highest BCUT2D eigenvalue weighted by molar-refractivity contribution is 8.24. The van der Waals surface area contributed by atoms with Crippen molar-refractivity contribution < 1.29 is 7.77 Å². The predicted octanol–water partition coefficient (Wildman–Crippen LogP) is 3.19. The maximum Gasteiger partial charge on any atom is 0.116 e. The van der Waals surface area contributed by atoms with Crippen molar-refractivity contribution >= 4 is 21.7 Å². The van der Waals surface area contributed by atoms with Gasteiger partial charge in [0.1, 0.15) is 6.33 Å². The van der Waals surface area contributed by atoms with Crippen molar-refractivity contribution in [1.82, 2.24) is 9.97 Å². The molecule has 0 fully saturated rings. The second-order valence-corrected chi connectivity index (χ2v) is 4.83. The average Bonchev–Trinajstić information content (AvgIpc) is 2.15. The molecule has 1 heterocycles. The van der Waals surface area contributed by atoms with Crippen LogP contribution in [0.5, 0.6) is 0 Å². The van der Waals surface area contributed by atoms with E-state index in [0.717, 1.165) is 6.26 Å². The van der Waals surface area contributed by atoms with Crippen molar-refractivity contribution in [1.29, 1.82) is 0 Å². The van der Waals surface area contributed by atoms with Crippen LogP contribution in [0.2, 0.25) is 0 Å². The first kappa shape index (κ1) is 9.33. The molecule has 0 aliphatic rings. The lowest BCUT2D eigenvalue weighted by Gasteiger charge is -2.15. The minimum atomic E-state index is -3.72. The lowest BCUT2D eigenvalue weighted by Crippen LogP contribution is -1.89. The molecule has 5 heteroatoms. The summed E-state index contributed by atoms with van der Waals surface area (Å²) in [6.45, 7) is 0. The highest BCUT2D eigenvalue weighted by atomic mass is 32.3. The van der Waals surface area contributed by atoms with E-state index in [2.05, 4.69) is 9.97 Å². The first-order valence-corrected chi connectivity index (χ1v) is 5.79. The number of fused-ring (bicyclic) bond motifs is 1. The number of hydrogen-bond donors (Lipinski definition) is 0. The van der Waals surface area contributed by atoms with Gasteiger partial charge in [0.05, 0.1) is 21.2 Å². The standard InChI is InChI=1S/C9H8F2N2S/c1-14(10,11)8-4-2-3-7-5-12-6-13-9(7)8/h2-6H,1H3. The normalized spacial score (nSPS) is 13.1. The molecule has 0 saturated heterocycles. The molecule has 0 unspecified atom stereocenters. The van der Waals surface area contributed by atoms with Crippen LogP contribution in [0.4, 0.5) is 7.77 Å². The molecule has 0 aliphatic heterocycles. The van der Waals surface area contributed by atoms with E-state index in [1.54, 1.807) is 12.1 Å². The quantitative estimate of drug-likeness (QED) is 0.728. The van der Waals surface area contributed by atoms with Crippen LogP contribution in [0.15, 0.2) is 35.6 Å². The summed E-state index contributed by atoms with van der Waals surface area (Å²) in [4.78, 5) is 7.69. The van der Waals surface area contributed by atoms with Crippen LogP contribution in [-0.2, 0) is 0 Å². The van der Waals surface area contributed by atoms with Crippen molar-refractivity contribution in [2.45, 2.75) is 4.90 Å². The summed E-state index contributed by atoms with van der Waals surface area (Å²) < 4.78 is 26.4. The Morgan fingerprint density at radius 3 is 2.79 bits per heavy atom. The Kier molecular flexibility index (Phi) is 2.11. The van der Waals surface area contributed by atoms with Crippen molar-refractivity contribution in [3.05, 3.63) is 30.7 Å².